The molecule has 2 N–H and O–H groups in total. The van der Waals surface area contributed by atoms with E-state index in [1.165, 1.54) is 6.92 Å². The SMILES string of the molecule is CC(=O)c1cccc(NC(=O)N(C)CC2CCCCC2O)c1. The van der Waals surface area contributed by atoms with Crippen LogP contribution in [-0.2, 0) is 0 Å². The van der Waals surface area contributed by atoms with Gasteiger partial charge in [0.25, 0.3) is 0 Å². The molecule has 1 fully saturated rings. The smallest absolute Gasteiger partial charge is 0.321 e. The zero-order valence-corrected chi connectivity index (χ0v) is 13.2. The summed E-state index contributed by atoms with van der Waals surface area (Å²) < 4.78 is 0. The highest BCUT2D eigenvalue weighted by atomic mass is 16.3. The molecule has 120 valence electrons. The number of amides is 2. The van der Waals surface area contributed by atoms with Gasteiger partial charge in [0.2, 0.25) is 0 Å². The minimum atomic E-state index is -0.315. The molecule has 2 rings (SSSR count). The maximum atomic E-state index is 12.2. The molecule has 2 unspecified atom stereocenters. The molecule has 0 spiro atoms. The Morgan fingerprint density at radius 2 is 2.05 bits per heavy atom. The number of benzene rings is 1. The average Bonchev–Trinajstić information content (AvgIpc) is 2.49. The summed E-state index contributed by atoms with van der Waals surface area (Å²) in [5.74, 6) is 0.114. The van der Waals surface area contributed by atoms with E-state index in [9.17, 15) is 14.7 Å². The average molecular weight is 304 g/mol. The molecule has 0 heterocycles. The van der Waals surface area contributed by atoms with E-state index in [0.29, 0.717) is 17.8 Å². The number of aliphatic hydroxyl groups excluding tert-OH is 1. The van der Waals surface area contributed by atoms with E-state index in [0.717, 1.165) is 25.7 Å². The lowest BCUT2D eigenvalue weighted by molar-refractivity contribution is 0.0575. The van der Waals surface area contributed by atoms with E-state index in [1.807, 2.05) is 0 Å². The van der Waals surface area contributed by atoms with Gasteiger partial charge < -0.3 is 15.3 Å². The van der Waals surface area contributed by atoms with E-state index in [1.54, 1.807) is 36.2 Å². The Balaban J connectivity index is 1.93. The molecule has 5 nitrogen and oxygen atoms in total. The quantitative estimate of drug-likeness (QED) is 0.840. The van der Waals surface area contributed by atoms with Crippen LogP contribution in [0.15, 0.2) is 24.3 Å². The fraction of sp³-hybridized carbons (Fsp3) is 0.529. The molecule has 0 bridgehead atoms. The van der Waals surface area contributed by atoms with E-state index in [-0.39, 0.29) is 23.8 Å². The van der Waals surface area contributed by atoms with Crippen LogP contribution in [-0.4, -0.2) is 41.5 Å². The predicted octanol–water partition coefficient (Wildman–Crippen LogP) is 2.90. The van der Waals surface area contributed by atoms with Gasteiger partial charge in [0, 0.05) is 30.8 Å². The lowest BCUT2D eigenvalue weighted by atomic mass is 9.86. The number of nitrogens with zero attached hydrogens (tertiary/aromatic N) is 1. The number of carbonyl (C=O) groups is 2. The summed E-state index contributed by atoms with van der Waals surface area (Å²) in [7, 11) is 1.73. The van der Waals surface area contributed by atoms with Crippen molar-refractivity contribution in [3.63, 3.8) is 0 Å². The molecule has 5 heteroatoms. The lowest BCUT2D eigenvalue weighted by Gasteiger charge is -2.31. The molecule has 0 saturated heterocycles. The fourth-order valence-corrected chi connectivity index (χ4v) is 2.87. The van der Waals surface area contributed by atoms with Gasteiger partial charge in [-0.05, 0) is 31.9 Å². The van der Waals surface area contributed by atoms with Crippen LogP contribution in [0.2, 0.25) is 0 Å². The van der Waals surface area contributed by atoms with Crippen molar-refractivity contribution in [3.8, 4) is 0 Å². The number of ketones is 1. The maximum Gasteiger partial charge on any atom is 0.321 e. The number of Topliss-reactive ketones (excluding diaryl/α,β-unsaturated/α-hetero) is 1. The van der Waals surface area contributed by atoms with Crippen LogP contribution in [0.3, 0.4) is 0 Å². The highest BCUT2D eigenvalue weighted by Crippen LogP contribution is 2.25. The first-order chi connectivity index (χ1) is 10.5. The van der Waals surface area contributed by atoms with Gasteiger partial charge >= 0.3 is 6.03 Å². The van der Waals surface area contributed by atoms with Crippen molar-refractivity contribution >= 4 is 17.5 Å². The summed E-state index contributed by atoms with van der Waals surface area (Å²) in [6, 6.07) is 6.67. The number of carbonyl (C=O) groups excluding carboxylic acids is 2. The van der Waals surface area contributed by atoms with Crippen LogP contribution in [0, 0.1) is 5.92 Å². The van der Waals surface area contributed by atoms with Gasteiger partial charge in [-0.3, -0.25) is 4.79 Å². The summed E-state index contributed by atoms with van der Waals surface area (Å²) in [5, 5.41) is 12.8. The summed E-state index contributed by atoms with van der Waals surface area (Å²) in [5.41, 5.74) is 1.18. The van der Waals surface area contributed by atoms with Gasteiger partial charge in [0.15, 0.2) is 5.78 Å². The molecule has 22 heavy (non-hydrogen) atoms. The van der Waals surface area contributed by atoms with E-state index < -0.39 is 0 Å². The Hall–Kier alpha value is -1.88. The minimum absolute atomic E-state index is 0.0326. The van der Waals surface area contributed by atoms with E-state index in [2.05, 4.69) is 5.32 Å². The number of hydrogen-bond acceptors (Lipinski definition) is 3. The number of urea groups is 1. The third-order valence-corrected chi connectivity index (χ3v) is 4.24. The molecule has 1 aromatic carbocycles. The van der Waals surface area contributed by atoms with Crippen LogP contribution in [0.5, 0.6) is 0 Å². The molecule has 0 radical (unpaired) electrons. The van der Waals surface area contributed by atoms with Crippen LogP contribution < -0.4 is 5.32 Å². The summed E-state index contributed by atoms with van der Waals surface area (Å²) >= 11 is 0. The Morgan fingerprint density at radius 3 is 2.73 bits per heavy atom. The van der Waals surface area contributed by atoms with Crippen molar-refractivity contribution in [2.24, 2.45) is 5.92 Å². The molecule has 2 atom stereocenters. The normalized spacial score (nSPS) is 21.2. The van der Waals surface area contributed by atoms with Gasteiger partial charge in [-0.2, -0.15) is 0 Å². The zero-order valence-electron chi connectivity index (χ0n) is 13.2. The van der Waals surface area contributed by atoms with E-state index >= 15 is 0 Å². The van der Waals surface area contributed by atoms with Gasteiger partial charge in [0.05, 0.1) is 6.10 Å². The first-order valence-electron chi connectivity index (χ1n) is 7.78. The van der Waals surface area contributed by atoms with Crippen molar-refractivity contribution in [1.82, 2.24) is 4.90 Å². The minimum Gasteiger partial charge on any atom is -0.393 e. The van der Waals surface area contributed by atoms with Crippen molar-refractivity contribution in [2.45, 2.75) is 38.7 Å². The number of aliphatic hydroxyl groups is 1. The Kier molecular flexibility index (Phi) is 5.55. The number of rotatable bonds is 4. The molecular weight excluding hydrogens is 280 g/mol. The third kappa shape index (κ3) is 4.31. The van der Waals surface area contributed by atoms with Crippen molar-refractivity contribution in [1.29, 1.82) is 0 Å². The van der Waals surface area contributed by atoms with Gasteiger partial charge in [-0.15, -0.1) is 0 Å². The van der Waals surface area contributed by atoms with Gasteiger partial charge in [-0.25, -0.2) is 4.79 Å². The molecule has 0 aromatic heterocycles. The summed E-state index contributed by atoms with van der Waals surface area (Å²) in [4.78, 5) is 25.2. The number of anilines is 1. The first-order valence-corrected chi connectivity index (χ1v) is 7.78. The topological polar surface area (TPSA) is 69.6 Å². The van der Waals surface area contributed by atoms with Gasteiger partial charge in [0.1, 0.15) is 0 Å². The molecule has 1 aliphatic rings. The number of nitrogens with one attached hydrogen (secondary N) is 1. The van der Waals surface area contributed by atoms with E-state index in [4.69, 9.17) is 0 Å². The monoisotopic (exact) mass is 304 g/mol. The second kappa shape index (κ2) is 7.40. The molecular formula is C17H24N2O3. The molecule has 2 amide bonds. The second-order valence-electron chi connectivity index (χ2n) is 6.06. The Bertz CT molecular complexity index is 544. The largest absolute Gasteiger partial charge is 0.393 e. The van der Waals surface area contributed by atoms with Crippen molar-refractivity contribution < 1.29 is 14.7 Å². The van der Waals surface area contributed by atoms with Crippen LogP contribution in [0.25, 0.3) is 0 Å². The summed E-state index contributed by atoms with van der Waals surface area (Å²) in [6.45, 7) is 2.04. The lowest BCUT2D eigenvalue weighted by Crippen LogP contribution is -2.40. The predicted molar refractivity (Wildman–Crippen MR) is 86.1 cm³/mol. The summed E-state index contributed by atoms with van der Waals surface area (Å²) in [6.07, 6.45) is 3.63. The van der Waals surface area contributed by atoms with Crippen LogP contribution in [0.1, 0.15) is 43.0 Å². The van der Waals surface area contributed by atoms with Gasteiger partial charge in [-0.1, -0.05) is 25.0 Å². The molecule has 1 aliphatic carbocycles. The third-order valence-electron chi connectivity index (χ3n) is 4.24. The van der Waals surface area contributed by atoms with Crippen LogP contribution >= 0.6 is 0 Å². The maximum absolute atomic E-state index is 12.2. The second-order valence-corrected chi connectivity index (χ2v) is 6.06. The highest BCUT2D eigenvalue weighted by Gasteiger charge is 2.25. The number of hydrogen-bond donors (Lipinski definition) is 2. The van der Waals surface area contributed by atoms with Crippen LogP contribution in [0.4, 0.5) is 10.5 Å². The Morgan fingerprint density at radius 1 is 1.32 bits per heavy atom. The van der Waals surface area contributed by atoms with Crippen molar-refractivity contribution in [3.05, 3.63) is 29.8 Å². The molecule has 0 aliphatic heterocycles. The van der Waals surface area contributed by atoms with Crippen molar-refractivity contribution in [2.75, 3.05) is 18.9 Å². The first kappa shape index (κ1) is 16.5. The zero-order chi connectivity index (χ0) is 16.1. The highest BCUT2D eigenvalue weighted by molar-refractivity contribution is 5.96. The molecule has 1 aromatic rings. The standard InChI is InChI=1S/C17H24N2O3/c1-12(20)13-7-5-8-15(10-13)18-17(22)19(2)11-14-6-3-4-9-16(14)21/h5,7-8,10,14,16,21H,3-4,6,9,11H2,1-2H3,(H,18,22). The fourth-order valence-electron chi connectivity index (χ4n) is 2.87. The Labute approximate surface area is 131 Å². The molecule has 1 saturated carbocycles.